The van der Waals surface area contributed by atoms with Gasteiger partial charge in [-0.15, -0.1) is 0 Å². The van der Waals surface area contributed by atoms with E-state index in [1.54, 1.807) is 4.90 Å². The van der Waals surface area contributed by atoms with E-state index in [0.29, 0.717) is 31.8 Å². The monoisotopic (exact) mass is 336 g/mol. The van der Waals surface area contributed by atoms with Crippen molar-refractivity contribution in [2.75, 3.05) is 19.6 Å². The quantitative estimate of drug-likeness (QED) is 0.725. The largest absolute Gasteiger partial charge is 0.340 e. The van der Waals surface area contributed by atoms with Crippen LogP contribution in [0.4, 0.5) is 4.79 Å². The molecule has 2 aliphatic heterocycles. The summed E-state index contributed by atoms with van der Waals surface area (Å²) in [6.45, 7) is 7.28. The van der Waals surface area contributed by atoms with Crippen LogP contribution in [0.2, 0.25) is 0 Å². The number of urea groups is 1. The molecular weight excluding hydrogens is 308 g/mol. The van der Waals surface area contributed by atoms with Gasteiger partial charge in [-0.1, -0.05) is 20.8 Å². The van der Waals surface area contributed by atoms with Crippen LogP contribution in [0.15, 0.2) is 0 Å². The Labute approximate surface area is 142 Å². The zero-order valence-electron chi connectivity index (χ0n) is 14.8. The summed E-state index contributed by atoms with van der Waals surface area (Å²) in [5, 5.41) is 2.90. The number of nitrogens with zero attached hydrogens (tertiary/aromatic N) is 2. The van der Waals surface area contributed by atoms with Crippen molar-refractivity contribution in [2.24, 2.45) is 17.1 Å². The van der Waals surface area contributed by atoms with Gasteiger partial charge in [0.15, 0.2) is 0 Å². The number of amides is 4. The van der Waals surface area contributed by atoms with Gasteiger partial charge in [-0.25, -0.2) is 4.79 Å². The van der Waals surface area contributed by atoms with Crippen LogP contribution in [0, 0.1) is 11.3 Å². The minimum absolute atomic E-state index is 0.0107. The maximum absolute atomic E-state index is 13.0. The van der Waals surface area contributed by atoms with E-state index in [0.717, 1.165) is 17.7 Å². The topological polar surface area (TPSA) is 95.7 Å². The fourth-order valence-electron chi connectivity index (χ4n) is 4.90. The number of likely N-dealkylation sites (tertiary alicyclic amines) is 1. The van der Waals surface area contributed by atoms with Gasteiger partial charge >= 0.3 is 6.03 Å². The smallest absolute Gasteiger partial charge is 0.325 e. The van der Waals surface area contributed by atoms with E-state index in [-0.39, 0.29) is 29.8 Å². The van der Waals surface area contributed by atoms with Crippen LogP contribution < -0.4 is 11.1 Å². The molecule has 3 N–H and O–H groups in total. The maximum Gasteiger partial charge on any atom is 0.325 e. The van der Waals surface area contributed by atoms with Crippen molar-refractivity contribution in [1.82, 2.24) is 15.1 Å². The molecule has 3 rings (SSSR count). The van der Waals surface area contributed by atoms with Crippen molar-refractivity contribution in [1.29, 1.82) is 0 Å². The summed E-state index contributed by atoms with van der Waals surface area (Å²) < 4.78 is 0. The minimum atomic E-state index is -0.847. The molecule has 3 fully saturated rings. The van der Waals surface area contributed by atoms with Crippen molar-refractivity contribution in [3.63, 3.8) is 0 Å². The van der Waals surface area contributed by atoms with E-state index in [1.807, 2.05) is 0 Å². The summed E-state index contributed by atoms with van der Waals surface area (Å²) in [7, 11) is 0. The average Bonchev–Trinajstić information content (AvgIpc) is 2.95. The van der Waals surface area contributed by atoms with Gasteiger partial charge in [-0.05, 0) is 37.0 Å². The number of carbonyl (C=O) groups excluding carboxylic acids is 3. The van der Waals surface area contributed by atoms with Crippen molar-refractivity contribution in [2.45, 2.75) is 58.0 Å². The van der Waals surface area contributed by atoms with Crippen LogP contribution in [0.1, 0.15) is 46.5 Å². The lowest BCUT2D eigenvalue weighted by Crippen LogP contribution is -2.54. The summed E-state index contributed by atoms with van der Waals surface area (Å²) in [5.74, 6) is -0.0965. The van der Waals surface area contributed by atoms with Crippen molar-refractivity contribution < 1.29 is 14.4 Å². The third kappa shape index (κ3) is 3.01. The molecule has 24 heavy (non-hydrogen) atoms. The second kappa shape index (κ2) is 5.72. The number of hydrogen-bond donors (Lipinski definition) is 2. The van der Waals surface area contributed by atoms with Gasteiger partial charge < -0.3 is 16.0 Å². The molecule has 0 aromatic heterocycles. The standard InChI is InChI=1S/C17H28N4O3/c1-11-6-16(2,3)10-17(7-11)14(23)21(15(24)19-17)9-13(22)20-5-4-12(18)8-20/h11-12H,4-10,18H2,1-3H3,(H,19,24)/t11?,12-,17?/m1/s1. The Hall–Kier alpha value is -1.63. The predicted molar refractivity (Wildman–Crippen MR) is 88.9 cm³/mol. The van der Waals surface area contributed by atoms with Gasteiger partial charge in [-0.2, -0.15) is 0 Å². The van der Waals surface area contributed by atoms with E-state index in [4.69, 9.17) is 5.73 Å². The number of hydrogen-bond acceptors (Lipinski definition) is 4. The molecule has 1 aliphatic carbocycles. The fourth-order valence-corrected chi connectivity index (χ4v) is 4.90. The summed E-state index contributed by atoms with van der Waals surface area (Å²) in [6, 6.07) is -0.454. The summed E-state index contributed by atoms with van der Waals surface area (Å²) in [6.07, 6.45) is 3.05. The number of imide groups is 1. The first kappa shape index (κ1) is 17.2. The highest BCUT2D eigenvalue weighted by Gasteiger charge is 2.56. The molecule has 1 saturated carbocycles. The van der Waals surface area contributed by atoms with Gasteiger partial charge in [0.05, 0.1) is 0 Å². The van der Waals surface area contributed by atoms with Crippen molar-refractivity contribution >= 4 is 17.8 Å². The Bertz CT molecular complexity index is 576. The Balaban J connectivity index is 1.73. The highest BCUT2D eigenvalue weighted by Crippen LogP contribution is 2.46. The Morgan fingerprint density at radius 2 is 2.04 bits per heavy atom. The molecule has 0 aromatic rings. The van der Waals surface area contributed by atoms with Crippen LogP contribution in [0.25, 0.3) is 0 Å². The summed E-state index contributed by atoms with van der Waals surface area (Å²) in [5.41, 5.74) is 4.97. The zero-order valence-corrected chi connectivity index (χ0v) is 14.8. The Morgan fingerprint density at radius 3 is 2.62 bits per heavy atom. The van der Waals surface area contributed by atoms with Crippen LogP contribution in [0.5, 0.6) is 0 Å². The molecular formula is C17H28N4O3. The molecule has 2 heterocycles. The Kier molecular flexibility index (Phi) is 4.10. The van der Waals surface area contributed by atoms with Crippen LogP contribution in [-0.4, -0.2) is 58.9 Å². The fraction of sp³-hybridized carbons (Fsp3) is 0.824. The van der Waals surface area contributed by atoms with E-state index in [9.17, 15) is 14.4 Å². The molecule has 4 amide bonds. The molecule has 0 aromatic carbocycles. The van der Waals surface area contributed by atoms with E-state index in [2.05, 4.69) is 26.1 Å². The van der Waals surface area contributed by atoms with Crippen molar-refractivity contribution in [3.05, 3.63) is 0 Å². The normalized spacial score (nSPS) is 35.7. The lowest BCUT2D eigenvalue weighted by molar-refractivity contribution is -0.140. The second-order valence-corrected chi connectivity index (χ2v) is 8.65. The molecule has 1 spiro atoms. The molecule has 7 nitrogen and oxygen atoms in total. The highest BCUT2D eigenvalue weighted by atomic mass is 16.2. The maximum atomic E-state index is 13.0. The molecule has 134 valence electrons. The lowest BCUT2D eigenvalue weighted by Gasteiger charge is -2.43. The SMILES string of the molecule is CC1CC(C)(C)CC2(C1)NC(=O)N(CC(=O)N1CC[C@@H](N)C1)C2=O. The average molecular weight is 336 g/mol. The Morgan fingerprint density at radius 1 is 1.33 bits per heavy atom. The van der Waals surface area contributed by atoms with E-state index >= 15 is 0 Å². The molecule has 2 saturated heterocycles. The summed E-state index contributed by atoms with van der Waals surface area (Å²) in [4.78, 5) is 40.5. The molecule has 0 bridgehead atoms. The first-order chi connectivity index (χ1) is 11.1. The molecule has 7 heteroatoms. The molecule has 3 atom stereocenters. The molecule has 2 unspecified atom stereocenters. The number of nitrogens with two attached hydrogens (primary N) is 1. The van der Waals surface area contributed by atoms with E-state index < -0.39 is 11.6 Å². The molecule has 0 radical (unpaired) electrons. The van der Waals surface area contributed by atoms with Crippen molar-refractivity contribution in [3.8, 4) is 0 Å². The minimum Gasteiger partial charge on any atom is -0.340 e. The zero-order chi connectivity index (χ0) is 17.7. The van der Waals surface area contributed by atoms with Gasteiger partial charge in [-0.3, -0.25) is 14.5 Å². The lowest BCUT2D eigenvalue weighted by atomic mass is 9.64. The summed E-state index contributed by atoms with van der Waals surface area (Å²) >= 11 is 0. The highest BCUT2D eigenvalue weighted by molar-refractivity contribution is 6.09. The van der Waals surface area contributed by atoms with Crippen LogP contribution in [0.3, 0.4) is 0 Å². The van der Waals surface area contributed by atoms with Gasteiger partial charge in [0, 0.05) is 19.1 Å². The molecule has 3 aliphatic rings. The number of rotatable bonds is 2. The van der Waals surface area contributed by atoms with Gasteiger partial charge in [0.1, 0.15) is 12.1 Å². The first-order valence-corrected chi connectivity index (χ1v) is 8.79. The van der Waals surface area contributed by atoms with Gasteiger partial charge in [0.2, 0.25) is 5.91 Å². The second-order valence-electron chi connectivity index (χ2n) is 8.65. The number of carbonyl (C=O) groups is 3. The predicted octanol–water partition coefficient (Wildman–Crippen LogP) is 0.683. The van der Waals surface area contributed by atoms with Crippen LogP contribution in [-0.2, 0) is 9.59 Å². The van der Waals surface area contributed by atoms with Crippen LogP contribution >= 0.6 is 0 Å². The third-order valence-electron chi connectivity index (χ3n) is 5.49. The van der Waals surface area contributed by atoms with Gasteiger partial charge in [0.25, 0.3) is 5.91 Å². The third-order valence-corrected chi connectivity index (χ3v) is 5.49. The van der Waals surface area contributed by atoms with E-state index in [1.165, 1.54) is 0 Å². The first-order valence-electron chi connectivity index (χ1n) is 8.79. The number of nitrogens with one attached hydrogen (secondary N) is 1.